The van der Waals surface area contributed by atoms with Crippen LogP contribution < -0.4 is 14.9 Å². The Morgan fingerprint density at radius 2 is 1.94 bits per heavy atom. The van der Waals surface area contributed by atoms with Gasteiger partial charge in [0.05, 0.1) is 11.5 Å². The number of aromatic nitrogens is 1. The highest BCUT2D eigenvalue weighted by atomic mass is 32.2. The second-order valence-electron chi connectivity index (χ2n) is 8.61. The number of thiazole rings is 1. The molecule has 4 rings (SSSR count). The fourth-order valence-electron chi connectivity index (χ4n) is 3.27. The Labute approximate surface area is 197 Å². The Balaban J connectivity index is 1.67. The number of hydrogen-bond donors (Lipinski definition) is 2. The van der Waals surface area contributed by atoms with E-state index in [2.05, 4.69) is 72.2 Å². The second kappa shape index (κ2) is 9.52. The predicted molar refractivity (Wildman–Crippen MR) is 135 cm³/mol. The summed E-state index contributed by atoms with van der Waals surface area (Å²) in [6.45, 7) is 7.54. The summed E-state index contributed by atoms with van der Waals surface area (Å²) in [5, 5.41) is 4.12. The highest BCUT2D eigenvalue weighted by Crippen LogP contribution is 2.39. The molecule has 1 aliphatic rings. The molecule has 1 saturated heterocycles. The van der Waals surface area contributed by atoms with Gasteiger partial charge < -0.3 is 10.1 Å². The molecule has 0 saturated carbocycles. The third kappa shape index (κ3) is 5.26. The first-order valence-corrected chi connectivity index (χ1v) is 12.2. The maximum atomic E-state index is 12.3. The Morgan fingerprint density at radius 1 is 1.16 bits per heavy atom. The normalized spacial score (nSPS) is 14.4. The van der Waals surface area contributed by atoms with Crippen molar-refractivity contribution in [3.05, 3.63) is 48.7 Å². The van der Waals surface area contributed by atoms with Crippen molar-refractivity contribution in [1.29, 1.82) is 0 Å². The van der Waals surface area contributed by atoms with E-state index in [1.165, 1.54) is 0 Å². The molecule has 1 aromatic heterocycles. The highest BCUT2D eigenvalue weighted by Gasteiger charge is 2.23. The lowest BCUT2D eigenvalue weighted by Gasteiger charge is -2.27. The zero-order valence-electron chi connectivity index (χ0n) is 18.8. The molecule has 1 fully saturated rings. The van der Waals surface area contributed by atoms with Gasteiger partial charge in [0.25, 0.3) is 0 Å². The van der Waals surface area contributed by atoms with Gasteiger partial charge in [-0.1, -0.05) is 6.07 Å². The lowest BCUT2D eigenvalue weighted by Crippen LogP contribution is -2.37. The van der Waals surface area contributed by atoms with E-state index >= 15 is 0 Å². The third-order valence-electron chi connectivity index (χ3n) is 4.91. The molecule has 6 nitrogen and oxygen atoms in total. The van der Waals surface area contributed by atoms with Gasteiger partial charge in [-0.25, -0.2) is 9.78 Å². The van der Waals surface area contributed by atoms with Gasteiger partial charge in [0.1, 0.15) is 5.01 Å². The molecular weight excluding hydrogens is 440 g/mol. The van der Waals surface area contributed by atoms with Crippen LogP contribution in [0.15, 0.2) is 53.6 Å². The van der Waals surface area contributed by atoms with Crippen LogP contribution in [0, 0.1) is 0 Å². The second-order valence-corrected chi connectivity index (χ2v) is 10.5. The molecule has 0 bridgehead atoms. The standard InChI is InChI=1S/C24H28N4O2S2/c1-24(2,3)27-32-20-14-18(28-12-5-13-30-23(28)29)10-11-19(20)21-15-26-22(31-21)16-6-8-17(25-4)9-7-16/h6-11,14-15,25,27H,5,12-13H2,1-4H3. The van der Waals surface area contributed by atoms with Gasteiger partial charge in [-0.2, -0.15) is 0 Å². The number of hydrogen-bond acceptors (Lipinski definition) is 7. The van der Waals surface area contributed by atoms with E-state index < -0.39 is 0 Å². The molecule has 168 valence electrons. The largest absolute Gasteiger partial charge is 0.449 e. The Morgan fingerprint density at radius 3 is 2.62 bits per heavy atom. The number of amides is 1. The van der Waals surface area contributed by atoms with Gasteiger partial charge in [-0.3, -0.25) is 9.62 Å². The minimum atomic E-state index is -0.283. The van der Waals surface area contributed by atoms with Gasteiger partial charge in [0, 0.05) is 52.7 Å². The van der Waals surface area contributed by atoms with Crippen molar-refractivity contribution in [1.82, 2.24) is 9.71 Å². The molecule has 0 atom stereocenters. The lowest BCUT2D eigenvalue weighted by molar-refractivity contribution is 0.140. The summed E-state index contributed by atoms with van der Waals surface area (Å²) >= 11 is 3.24. The monoisotopic (exact) mass is 468 g/mol. The number of nitrogens with one attached hydrogen (secondary N) is 2. The van der Waals surface area contributed by atoms with Gasteiger partial charge >= 0.3 is 6.09 Å². The maximum absolute atomic E-state index is 12.3. The summed E-state index contributed by atoms with van der Waals surface area (Å²) in [6.07, 6.45) is 2.48. The number of cyclic esters (lactones) is 1. The molecule has 3 aromatic rings. The first kappa shape index (κ1) is 22.6. The first-order chi connectivity index (χ1) is 15.3. The van der Waals surface area contributed by atoms with Crippen LogP contribution >= 0.6 is 23.3 Å². The number of carbonyl (C=O) groups is 1. The number of anilines is 2. The average Bonchev–Trinajstić information content (AvgIpc) is 3.27. The molecule has 0 spiro atoms. The number of ether oxygens (including phenoxy) is 1. The van der Waals surface area contributed by atoms with Crippen LogP contribution in [0.2, 0.25) is 0 Å². The van der Waals surface area contributed by atoms with Crippen molar-refractivity contribution in [2.24, 2.45) is 0 Å². The number of rotatable bonds is 6. The van der Waals surface area contributed by atoms with Crippen LogP contribution in [-0.4, -0.2) is 36.8 Å². The summed E-state index contributed by atoms with van der Waals surface area (Å²) in [7, 11) is 1.91. The van der Waals surface area contributed by atoms with Gasteiger partial charge in [-0.05, 0) is 75.5 Å². The van der Waals surface area contributed by atoms with Crippen LogP contribution in [0.3, 0.4) is 0 Å². The van der Waals surface area contributed by atoms with E-state index in [0.29, 0.717) is 13.2 Å². The molecule has 1 aliphatic heterocycles. The van der Waals surface area contributed by atoms with Crippen LogP contribution in [0.1, 0.15) is 27.2 Å². The predicted octanol–water partition coefficient (Wildman–Crippen LogP) is 6.26. The highest BCUT2D eigenvalue weighted by molar-refractivity contribution is 7.97. The molecule has 32 heavy (non-hydrogen) atoms. The molecule has 2 N–H and O–H groups in total. The number of benzene rings is 2. The van der Waals surface area contributed by atoms with Crippen LogP contribution in [0.4, 0.5) is 16.2 Å². The lowest BCUT2D eigenvalue weighted by atomic mass is 10.1. The van der Waals surface area contributed by atoms with E-state index in [9.17, 15) is 4.79 Å². The fraction of sp³-hybridized carbons (Fsp3) is 0.333. The summed E-state index contributed by atoms with van der Waals surface area (Å²) in [6, 6.07) is 14.4. The van der Waals surface area contributed by atoms with Crippen LogP contribution in [-0.2, 0) is 4.74 Å². The van der Waals surface area contributed by atoms with Crippen molar-refractivity contribution in [2.75, 3.05) is 30.4 Å². The third-order valence-corrected chi connectivity index (χ3v) is 7.26. The molecule has 0 aliphatic carbocycles. The fourth-order valence-corrected chi connectivity index (χ4v) is 5.18. The van der Waals surface area contributed by atoms with Crippen molar-refractivity contribution >= 4 is 40.8 Å². The van der Waals surface area contributed by atoms with Gasteiger partial charge in [0.2, 0.25) is 0 Å². The zero-order chi connectivity index (χ0) is 22.7. The van der Waals surface area contributed by atoms with Gasteiger partial charge in [0.15, 0.2) is 0 Å². The zero-order valence-corrected chi connectivity index (χ0v) is 20.4. The summed E-state index contributed by atoms with van der Waals surface area (Å²) in [5.74, 6) is 0. The van der Waals surface area contributed by atoms with Crippen molar-refractivity contribution < 1.29 is 9.53 Å². The molecule has 2 aromatic carbocycles. The smallest absolute Gasteiger partial charge is 0.414 e. The van der Waals surface area contributed by atoms with Crippen molar-refractivity contribution in [3.63, 3.8) is 0 Å². The van der Waals surface area contributed by atoms with Crippen LogP contribution in [0.25, 0.3) is 21.0 Å². The molecule has 0 radical (unpaired) electrons. The van der Waals surface area contributed by atoms with Crippen molar-refractivity contribution in [3.8, 4) is 21.0 Å². The maximum Gasteiger partial charge on any atom is 0.414 e. The minimum Gasteiger partial charge on any atom is -0.449 e. The number of carbonyl (C=O) groups excluding carboxylic acids is 1. The van der Waals surface area contributed by atoms with E-state index in [4.69, 9.17) is 4.74 Å². The molecule has 2 heterocycles. The minimum absolute atomic E-state index is 0.0596. The van der Waals surface area contributed by atoms with Gasteiger partial charge in [-0.15, -0.1) is 11.3 Å². The molecule has 8 heteroatoms. The summed E-state index contributed by atoms with van der Waals surface area (Å²) < 4.78 is 8.73. The summed E-state index contributed by atoms with van der Waals surface area (Å²) in [5.41, 5.74) is 4.05. The van der Waals surface area contributed by atoms with Crippen LogP contribution in [0.5, 0.6) is 0 Å². The Kier molecular flexibility index (Phi) is 6.74. The number of nitrogens with zero attached hydrogens (tertiary/aromatic N) is 2. The summed E-state index contributed by atoms with van der Waals surface area (Å²) in [4.78, 5) is 20.8. The molecular formula is C24H28N4O2S2. The Hall–Kier alpha value is -2.55. The SMILES string of the molecule is CNc1ccc(-c2ncc(-c3ccc(N4CCCOC4=O)cc3SNC(C)(C)C)s2)cc1. The Bertz CT molecular complexity index is 1090. The van der Waals surface area contributed by atoms with E-state index in [0.717, 1.165) is 43.7 Å². The van der Waals surface area contributed by atoms with E-state index in [1.54, 1.807) is 28.2 Å². The molecule has 1 amide bonds. The molecule has 0 unspecified atom stereocenters. The van der Waals surface area contributed by atoms with E-state index in [1.807, 2.05) is 19.3 Å². The average molecular weight is 469 g/mol. The van der Waals surface area contributed by atoms with E-state index in [-0.39, 0.29) is 11.6 Å². The topological polar surface area (TPSA) is 66.5 Å². The first-order valence-electron chi connectivity index (χ1n) is 10.6. The quantitative estimate of drug-likeness (QED) is 0.416. The van der Waals surface area contributed by atoms with Crippen molar-refractivity contribution in [2.45, 2.75) is 37.6 Å².